The second-order valence-corrected chi connectivity index (χ2v) is 6.69. The van der Waals surface area contributed by atoms with Crippen molar-refractivity contribution in [2.45, 2.75) is 6.54 Å². The summed E-state index contributed by atoms with van der Waals surface area (Å²) in [5, 5.41) is 9.34. The predicted octanol–water partition coefficient (Wildman–Crippen LogP) is 1.88. The highest BCUT2D eigenvalue weighted by atomic mass is 16.5. The third-order valence-corrected chi connectivity index (χ3v) is 4.88. The van der Waals surface area contributed by atoms with E-state index in [2.05, 4.69) is 10.00 Å². The van der Waals surface area contributed by atoms with Gasteiger partial charge in [0.15, 0.2) is 11.5 Å². The summed E-state index contributed by atoms with van der Waals surface area (Å²) in [6.07, 6.45) is 1.93. The van der Waals surface area contributed by atoms with Crippen LogP contribution in [0.2, 0.25) is 0 Å². The van der Waals surface area contributed by atoms with Crippen LogP contribution in [0.4, 0.5) is 5.82 Å². The standard InChI is InChI=1S/C20H21N7O/c21-14-16-12-19-22-18(13-20(27(19)23-16)25-8-10-28-11-9-25)26-7-6-17(24-26)15-4-2-1-3-5-15/h1-7,12-13H,8-11,14,21H2. The zero-order valence-corrected chi connectivity index (χ0v) is 15.4. The number of anilines is 1. The van der Waals surface area contributed by atoms with Crippen molar-refractivity contribution < 1.29 is 4.74 Å². The van der Waals surface area contributed by atoms with Crippen molar-refractivity contribution in [3.63, 3.8) is 0 Å². The fourth-order valence-electron chi connectivity index (χ4n) is 3.44. The zero-order valence-electron chi connectivity index (χ0n) is 15.4. The molecule has 1 aliphatic heterocycles. The first-order valence-electron chi connectivity index (χ1n) is 9.36. The Morgan fingerprint density at radius 1 is 1.00 bits per heavy atom. The first-order chi connectivity index (χ1) is 13.8. The highest BCUT2D eigenvalue weighted by Crippen LogP contribution is 2.23. The fraction of sp³-hybridized carbons (Fsp3) is 0.250. The minimum Gasteiger partial charge on any atom is -0.378 e. The Labute approximate surface area is 162 Å². The number of aromatic nitrogens is 5. The number of hydrogen-bond acceptors (Lipinski definition) is 6. The van der Waals surface area contributed by atoms with E-state index in [-0.39, 0.29) is 0 Å². The van der Waals surface area contributed by atoms with E-state index in [0.29, 0.717) is 19.8 Å². The lowest BCUT2D eigenvalue weighted by molar-refractivity contribution is 0.122. The monoisotopic (exact) mass is 375 g/mol. The zero-order chi connectivity index (χ0) is 18.9. The maximum absolute atomic E-state index is 5.80. The van der Waals surface area contributed by atoms with Crippen LogP contribution in [0.15, 0.2) is 54.7 Å². The summed E-state index contributed by atoms with van der Waals surface area (Å²) in [5.74, 6) is 1.72. The highest BCUT2D eigenvalue weighted by Gasteiger charge is 2.18. The van der Waals surface area contributed by atoms with Gasteiger partial charge in [-0.25, -0.2) is 9.67 Å². The van der Waals surface area contributed by atoms with Crippen LogP contribution in [0, 0.1) is 0 Å². The molecule has 28 heavy (non-hydrogen) atoms. The number of hydrogen-bond donors (Lipinski definition) is 1. The average Bonchev–Trinajstić information content (AvgIpc) is 3.41. The van der Waals surface area contributed by atoms with E-state index in [1.165, 1.54) is 0 Å². The summed E-state index contributed by atoms with van der Waals surface area (Å²) >= 11 is 0. The molecule has 1 aromatic carbocycles. The largest absolute Gasteiger partial charge is 0.378 e. The minimum atomic E-state index is 0.376. The number of benzene rings is 1. The van der Waals surface area contributed by atoms with E-state index >= 15 is 0 Å². The molecular weight excluding hydrogens is 354 g/mol. The van der Waals surface area contributed by atoms with Crippen LogP contribution < -0.4 is 10.6 Å². The molecule has 5 rings (SSSR count). The molecule has 8 heteroatoms. The number of rotatable bonds is 4. The summed E-state index contributed by atoms with van der Waals surface area (Å²) in [4.78, 5) is 7.02. The predicted molar refractivity (Wildman–Crippen MR) is 106 cm³/mol. The molecule has 0 saturated carbocycles. The molecule has 0 atom stereocenters. The van der Waals surface area contributed by atoms with Crippen LogP contribution in [0.3, 0.4) is 0 Å². The smallest absolute Gasteiger partial charge is 0.160 e. The Bertz CT molecular complexity index is 1100. The van der Waals surface area contributed by atoms with Gasteiger partial charge in [-0.2, -0.15) is 14.7 Å². The third-order valence-electron chi connectivity index (χ3n) is 4.88. The molecule has 1 saturated heterocycles. The van der Waals surface area contributed by atoms with Gasteiger partial charge in [-0.05, 0) is 6.07 Å². The molecule has 0 bridgehead atoms. The van der Waals surface area contributed by atoms with Gasteiger partial charge >= 0.3 is 0 Å². The summed E-state index contributed by atoms with van der Waals surface area (Å²) < 4.78 is 9.17. The Kier molecular flexibility index (Phi) is 4.27. The molecule has 1 aliphatic rings. The van der Waals surface area contributed by atoms with Crippen molar-refractivity contribution >= 4 is 11.5 Å². The van der Waals surface area contributed by atoms with Gasteiger partial charge in [-0.1, -0.05) is 30.3 Å². The molecule has 0 aliphatic carbocycles. The number of ether oxygens (including phenoxy) is 1. The second-order valence-electron chi connectivity index (χ2n) is 6.69. The number of fused-ring (bicyclic) bond motifs is 1. The minimum absolute atomic E-state index is 0.376. The summed E-state index contributed by atoms with van der Waals surface area (Å²) in [7, 11) is 0. The number of nitrogens with zero attached hydrogens (tertiary/aromatic N) is 6. The van der Waals surface area contributed by atoms with Gasteiger partial charge in [0, 0.05) is 43.5 Å². The molecular formula is C20H21N7O. The number of morpholine rings is 1. The highest BCUT2D eigenvalue weighted by molar-refractivity contribution is 5.59. The first kappa shape index (κ1) is 16.9. The van der Waals surface area contributed by atoms with Crippen LogP contribution in [0.5, 0.6) is 0 Å². The van der Waals surface area contributed by atoms with E-state index in [0.717, 1.165) is 47.3 Å². The lowest BCUT2D eigenvalue weighted by atomic mass is 10.2. The second kappa shape index (κ2) is 7.06. The molecule has 0 radical (unpaired) electrons. The topological polar surface area (TPSA) is 86.5 Å². The summed E-state index contributed by atoms with van der Waals surface area (Å²) in [6.45, 7) is 3.39. The third kappa shape index (κ3) is 3.02. The molecule has 4 aromatic rings. The molecule has 0 unspecified atom stereocenters. The average molecular weight is 375 g/mol. The van der Waals surface area contributed by atoms with E-state index in [9.17, 15) is 0 Å². The molecule has 0 amide bonds. The molecule has 4 heterocycles. The van der Waals surface area contributed by atoms with Crippen LogP contribution in [0.25, 0.3) is 22.7 Å². The first-order valence-corrected chi connectivity index (χ1v) is 9.36. The van der Waals surface area contributed by atoms with Gasteiger partial charge in [-0.3, -0.25) is 0 Å². The lowest BCUT2D eigenvalue weighted by Gasteiger charge is -2.29. The maximum atomic E-state index is 5.80. The van der Waals surface area contributed by atoms with Crippen LogP contribution >= 0.6 is 0 Å². The fourth-order valence-corrected chi connectivity index (χ4v) is 3.44. The van der Waals surface area contributed by atoms with Gasteiger partial charge in [-0.15, -0.1) is 0 Å². The Hall–Kier alpha value is -3.23. The number of nitrogens with two attached hydrogens (primary N) is 1. The van der Waals surface area contributed by atoms with Crippen molar-refractivity contribution in [1.82, 2.24) is 24.4 Å². The van der Waals surface area contributed by atoms with Crippen molar-refractivity contribution in [2.24, 2.45) is 5.73 Å². The summed E-state index contributed by atoms with van der Waals surface area (Å²) in [5.41, 5.74) is 9.36. The van der Waals surface area contributed by atoms with E-state index in [1.807, 2.05) is 59.2 Å². The molecule has 142 valence electrons. The maximum Gasteiger partial charge on any atom is 0.160 e. The van der Waals surface area contributed by atoms with Crippen LogP contribution in [-0.4, -0.2) is 50.7 Å². The Balaban J connectivity index is 1.60. The molecule has 0 spiro atoms. The SMILES string of the molecule is NCc1cc2nc(-n3ccc(-c4ccccc4)n3)cc(N3CCOCC3)n2n1. The summed E-state index contributed by atoms with van der Waals surface area (Å²) in [6, 6.07) is 16.1. The molecule has 3 aromatic heterocycles. The quantitative estimate of drug-likeness (QED) is 0.586. The lowest BCUT2D eigenvalue weighted by Crippen LogP contribution is -2.37. The van der Waals surface area contributed by atoms with Gasteiger partial charge in [0.05, 0.1) is 24.6 Å². The Morgan fingerprint density at radius 2 is 1.82 bits per heavy atom. The molecule has 1 fully saturated rings. The van der Waals surface area contributed by atoms with E-state index in [4.69, 9.17) is 20.6 Å². The van der Waals surface area contributed by atoms with Crippen molar-refractivity contribution in [3.8, 4) is 17.1 Å². The van der Waals surface area contributed by atoms with Gasteiger partial charge in [0.2, 0.25) is 0 Å². The van der Waals surface area contributed by atoms with Crippen molar-refractivity contribution in [3.05, 3.63) is 60.4 Å². The van der Waals surface area contributed by atoms with Gasteiger partial charge in [0.25, 0.3) is 0 Å². The van der Waals surface area contributed by atoms with Gasteiger partial charge < -0.3 is 15.4 Å². The van der Waals surface area contributed by atoms with Gasteiger partial charge in [0.1, 0.15) is 5.82 Å². The Morgan fingerprint density at radius 3 is 2.61 bits per heavy atom. The normalized spacial score (nSPS) is 14.7. The molecule has 2 N–H and O–H groups in total. The van der Waals surface area contributed by atoms with E-state index < -0.39 is 0 Å². The van der Waals surface area contributed by atoms with E-state index in [1.54, 1.807) is 4.68 Å². The molecule has 8 nitrogen and oxygen atoms in total. The van der Waals surface area contributed by atoms with Crippen LogP contribution in [0.1, 0.15) is 5.69 Å². The van der Waals surface area contributed by atoms with Crippen molar-refractivity contribution in [1.29, 1.82) is 0 Å². The van der Waals surface area contributed by atoms with Crippen molar-refractivity contribution in [2.75, 3.05) is 31.2 Å². The van der Waals surface area contributed by atoms with Crippen LogP contribution in [-0.2, 0) is 11.3 Å².